The smallest absolute Gasteiger partial charge is 0.224 e. The average molecular weight is 326 g/mol. The lowest BCUT2D eigenvalue weighted by atomic mass is 10.1. The van der Waals surface area contributed by atoms with E-state index in [4.69, 9.17) is 0 Å². The van der Waals surface area contributed by atoms with Crippen LogP contribution in [-0.2, 0) is 24.8 Å². The highest BCUT2D eigenvalue weighted by Crippen LogP contribution is 2.20. The maximum atomic E-state index is 12.3. The number of carbonyl (C=O) groups excluding carboxylic acids is 1. The van der Waals surface area contributed by atoms with Crippen molar-refractivity contribution in [2.75, 3.05) is 18.4 Å². The number of amides is 1. The standard InChI is InChI=1S/C19H26N4O/c1-22-17(11-12-20-22)9-10-19(24)21-18-8-4-3-7-16(18)15-23-13-5-2-6-14-23/h3-4,7-8,11-12H,2,5-6,9-10,13-15H2,1H3,(H,21,24). The van der Waals surface area contributed by atoms with Crippen molar-refractivity contribution in [3.05, 3.63) is 47.8 Å². The summed E-state index contributed by atoms with van der Waals surface area (Å²) in [5.74, 6) is 0.0577. The van der Waals surface area contributed by atoms with Crippen molar-refractivity contribution >= 4 is 11.6 Å². The predicted octanol–water partition coefficient (Wildman–Crippen LogP) is 2.98. The van der Waals surface area contributed by atoms with Crippen molar-refractivity contribution in [3.63, 3.8) is 0 Å². The Morgan fingerprint density at radius 3 is 2.71 bits per heavy atom. The Balaban J connectivity index is 1.57. The number of nitrogens with one attached hydrogen (secondary N) is 1. The number of para-hydroxylation sites is 1. The molecule has 0 saturated carbocycles. The molecular weight excluding hydrogens is 300 g/mol. The van der Waals surface area contributed by atoms with Crippen LogP contribution in [0.1, 0.15) is 36.9 Å². The summed E-state index contributed by atoms with van der Waals surface area (Å²) in [6.07, 6.45) is 6.83. The lowest BCUT2D eigenvalue weighted by Crippen LogP contribution is -2.29. The Morgan fingerprint density at radius 1 is 1.17 bits per heavy atom. The molecule has 5 nitrogen and oxygen atoms in total. The number of anilines is 1. The van der Waals surface area contributed by atoms with E-state index in [1.165, 1.54) is 24.8 Å². The molecule has 0 atom stereocenters. The number of rotatable bonds is 6. The van der Waals surface area contributed by atoms with Crippen LogP contribution in [-0.4, -0.2) is 33.7 Å². The van der Waals surface area contributed by atoms with Crippen molar-refractivity contribution in [1.29, 1.82) is 0 Å². The molecule has 0 radical (unpaired) electrons. The van der Waals surface area contributed by atoms with E-state index in [2.05, 4.69) is 21.4 Å². The number of aryl methyl sites for hydroxylation is 2. The summed E-state index contributed by atoms with van der Waals surface area (Å²) in [5.41, 5.74) is 3.22. The summed E-state index contributed by atoms with van der Waals surface area (Å²) >= 11 is 0. The molecule has 1 saturated heterocycles. The Bertz CT molecular complexity index is 674. The fourth-order valence-electron chi connectivity index (χ4n) is 3.24. The van der Waals surface area contributed by atoms with E-state index in [0.717, 1.165) is 31.0 Å². The molecule has 1 aromatic carbocycles. The van der Waals surface area contributed by atoms with Gasteiger partial charge < -0.3 is 5.32 Å². The van der Waals surface area contributed by atoms with E-state index < -0.39 is 0 Å². The van der Waals surface area contributed by atoms with E-state index in [1.807, 2.05) is 36.0 Å². The number of aromatic nitrogens is 2. The molecule has 1 amide bonds. The third kappa shape index (κ3) is 4.45. The number of nitrogens with zero attached hydrogens (tertiary/aromatic N) is 3. The summed E-state index contributed by atoms with van der Waals surface area (Å²) in [6.45, 7) is 3.23. The number of hydrogen-bond acceptors (Lipinski definition) is 3. The van der Waals surface area contributed by atoms with Gasteiger partial charge in [0.15, 0.2) is 0 Å². The molecule has 2 aromatic rings. The number of hydrogen-bond donors (Lipinski definition) is 1. The molecule has 24 heavy (non-hydrogen) atoms. The zero-order valence-electron chi connectivity index (χ0n) is 14.4. The normalized spacial score (nSPS) is 15.4. The molecule has 0 unspecified atom stereocenters. The second kappa shape index (κ2) is 8.11. The van der Waals surface area contributed by atoms with Gasteiger partial charge in [-0.3, -0.25) is 14.4 Å². The van der Waals surface area contributed by atoms with Crippen LogP contribution in [0.4, 0.5) is 5.69 Å². The first kappa shape index (κ1) is 16.7. The molecule has 128 valence electrons. The topological polar surface area (TPSA) is 50.2 Å². The molecule has 5 heteroatoms. The van der Waals surface area contributed by atoms with Gasteiger partial charge in [0.05, 0.1) is 0 Å². The van der Waals surface area contributed by atoms with Crippen molar-refractivity contribution < 1.29 is 4.79 Å². The van der Waals surface area contributed by atoms with Gasteiger partial charge in [-0.15, -0.1) is 0 Å². The van der Waals surface area contributed by atoms with E-state index in [1.54, 1.807) is 6.20 Å². The first-order valence-corrected chi connectivity index (χ1v) is 8.79. The van der Waals surface area contributed by atoms with Gasteiger partial charge in [0.1, 0.15) is 0 Å². The molecule has 0 bridgehead atoms. The molecule has 0 aliphatic carbocycles. The average Bonchev–Trinajstić information content (AvgIpc) is 3.01. The number of benzene rings is 1. The molecule has 0 spiro atoms. The zero-order valence-corrected chi connectivity index (χ0v) is 14.4. The molecule has 1 aliphatic heterocycles. The fourth-order valence-corrected chi connectivity index (χ4v) is 3.24. The van der Waals surface area contributed by atoms with Gasteiger partial charge >= 0.3 is 0 Å². The summed E-state index contributed by atoms with van der Waals surface area (Å²) in [6, 6.07) is 10.1. The second-order valence-electron chi connectivity index (χ2n) is 6.49. The SMILES string of the molecule is Cn1nccc1CCC(=O)Nc1ccccc1CN1CCCCC1. The van der Waals surface area contributed by atoms with E-state index in [-0.39, 0.29) is 5.91 Å². The molecular formula is C19H26N4O. The largest absolute Gasteiger partial charge is 0.326 e. The summed E-state index contributed by atoms with van der Waals surface area (Å²) < 4.78 is 1.82. The van der Waals surface area contributed by atoms with Crippen LogP contribution in [0.25, 0.3) is 0 Å². The van der Waals surface area contributed by atoms with Crippen molar-refractivity contribution in [2.45, 2.75) is 38.6 Å². The van der Waals surface area contributed by atoms with Gasteiger partial charge in [-0.2, -0.15) is 5.10 Å². The van der Waals surface area contributed by atoms with Gasteiger partial charge in [-0.25, -0.2) is 0 Å². The highest BCUT2D eigenvalue weighted by atomic mass is 16.1. The third-order valence-corrected chi connectivity index (χ3v) is 4.66. The molecule has 1 fully saturated rings. The van der Waals surface area contributed by atoms with Crippen LogP contribution in [0, 0.1) is 0 Å². The minimum atomic E-state index is 0.0577. The van der Waals surface area contributed by atoms with Crippen molar-refractivity contribution in [2.24, 2.45) is 7.05 Å². The van der Waals surface area contributed by atoms with E-state index in [9.17, 15) is 4.79 Å². The Labute approximate surface area is 143 Å². The first-order chi connectivity index (χ1) is 11.7. The van der Waals surface area contributed by atoms with Crippen LogP contribution in [0.15, 0.2) is 36.5 Å². The fraction of sp³-hybridized carbons (Fsp3) is 0.474. The van der Waals surface area contributed by atoms with Gasteiger partial charge in [0, 0.05) is 37.6 Å². The summed E-state index contributed by atoms with van der Waals surface area (Å²) in [4.78, 5) is 14.8. The lowest BCUT2D eigenvalue weighted by molar-refractivity contribution is -0.116. The lowest BCUT2D eigenvalue weighted by Gasteiger charge is -2.27. The molecule has 3 rings (SSSR count). The Hall–Kier alpha value is -2.14. The number of piperidine rings is 1. The van der Waals surface area contributed by atoms with Crippen molar-refractivity contribution in [1.82, 2.24) is 14.7 Å². The highest BCUT2D eigenvalue weighted by Gasteiger charge is 2.13. The van der Waals surface area contributed by atoms with E-state index >= 15 is 0 Å². The van der Waals surface area contributed by atoms with Crippen LogP contribution < -0.4 is 5.32 Å². The summed E-state index contributed by atoms with van der Waals surface area (Å²) in [5, 5.41) is 7.22. The predicted molar refractivity (Wildman–Crippen MR) is 95.7 cm³/mol. The quantitative estimate of drug-likeness (QED) is 0.888. The molecule has 2 heterocycles. The highest BCUT2D eigenvalue weighted by molar-refractivity contribution is 5.91. The first-order valence-electron chi connectivity index (χ1n) is 8.79. The molecule has 1 N–H and O–H groups in total. The van der Waals surface area contributed by atoms with Crippen LogP contribution in [0.3, 0.4) is 0 Å². The maximum absolute atomic E-state index is 12.3. The number of likely N-dealkylation sites (tertiary alicyclic amines) is 1. The summed E-state index contributed by atoms with van der Waals surface area (Å²) in [7, 11) is 1.90. The minimum absolute atomic E-state index is 0.0577. The number of carbonyl (C=O) groups is 1. The van der Waals surface area contributed by atoms with Gasteiger partial charge in [0.2, 0.25) is 5.91 Å². The van der Waals surface area contributed by atoms with Crippen LogP contribution >= 0.6 is 0 Å². The van der Waals surface area contributed by atoms with E-state index in [0.29, 0.717) is 12.8 Å². The second-order valence-corrected chi connectivity index (χ2v) is 6.49. The van der Waals surface area contributed by atoms with Crippen LogP contribution in [0.5, 0.6) is 0 Å². The maximum Gasteiger partial charge on any atom is 0.224 e. The molecule has 1 aliphatic rings. The Morgan fingerprint density at radius 2 is 1.96 bits per heavy atom. The third-order valence-electron chi connectivity index (χ3n) is 4.66. The minimum Gasteiger partial charge on any atom is -0.326 e. The van der Waals surface area contributed by atoms with Crippen LogP contribution in [0.2, 0.25) is 0 Å². The molecule has 1 aromatic heterocycles. The van der Waals surface area contributed by atoms with Gasteiger partial charge in [0.25, 0.3) is 0 Å². The monoisotopic (exact) mass is 326 g/mol. The van der Waals surface area contributed by atoms with Gasteiger partial charge in [-0.05, 0) is 50.0 Å². The van der Waals surface area contributed by atoms with Gasteiger partial charge in [-0.1, -0.05) is 24.6 Å². The zero-order chi connectivity index (χ0) is 16.8. The van der Waals surface area contributed by atoms with Crippen molar-refractivity contribution in [3.8, 4) is 0 Å². The Kier molecular flexibility index (Phi) is 5.64.